The number of benzene rings is 1. The standard InChI is InChI=1S/C20H27N3O5S/c1-2-3-9-17(24)22-20(29)23-11-10-21-19(26)16(23)14-18(25)28-13-12-27-15-7-5-4-6-8-15/h4-8,16H,2-3,9-14H2,1H3,(H,21,26)(H,22,24,29). The van der Waals surface area contributed by atoms with Gasteiger partial charge in [-0.25, -0.2) is 0 Å². The molecule has 0 aliphatic carbocycles. The van der Waals surface area contributed by atoms with Crippen molar-refractivity contribution in [3.05, 3.63) is 30.3 Å². The predicted octanol–water partition coefficient (Wildman–Crippen LogP) is 1.39. The van der Waals surface area contributed by atoms with Crippen LogP contribution in [0.15, 0.2) is 30.3 Å². The molecule has 2 N–H and O–H groups in total. The molecule has 0 spiro atoms. The number of unbranched alkanes of at least 4 members (excludes halogenated alkanes) is 1. The Balaban J connectivity index is 1.81. The van der Waals surface area contributed by atoms with Crippen molar-refractivity contribution in [3.8, 4) is 5.75 Å². The highest BCUT2D eigenvalue weighted by molar-refractivity contribution is 7.80. The number of hydrogen-bond acceptors (Lipinski definition) is 6. The number of carbonyl (C=O) groups is 3. The summed E-state index contributed by atoms with van der Waals surface area (Å²) in [6.07, 6.45) is 1.86. The van der Waals surface area contributed by atoms with Crippen molar-refractivity contribution in [2.45, 2.75) is 38.6 Å². The molecule has 0 bridgehead atoms. The monoisotopic (exact) mass is 421 g/mol. The van der Waals surface area contributed by atoms with E-state index in [-0.39, 0.29) is 36.6 Å². The summed E-state index contributed by atoms with van der Waals surface area (Å²) < 4.78 is 10.6. The molecule has 1 saturated heterocycles. The van der Waals surface area contributed by atoms with E-state index in [0.717, 1.165) is 12.8 Å². The Bertz CT molecular complexity index is 713. The molecule has 2 rings (SSSR count). The number of carbonyl (C=O) groups excluding carboxylic acids is 3. The van der Waals surface area contributed by atoms with Gasteiger partial charge in [-0.15, -0.1) is 0 Å². The normalized spacial score (nSPS) is 16.0. The first-order valence-corrected chi connectivity index (χ1v) is 10.1. The van der Waals surface area contributed by atoms with Crippen molar-refractivity contribution < 1.29 is 23.9 Å². The molecule has 0 aromatic heterocycles. The molecule has 2 amide bonds. The fourth-order valence-corrected chi connectivity index (χ4v) is 3.13. The van der Waals surface area contributed by atoms with Crippen LogP contribution in [0.2, 0.25) is 0 Å². The van der Waals surface area contributed by atoms with Crippen molar-refractivity contribution in [2.75, 3.05) is 26.3 Å². The van der Waals surface area contributed by atoms with E-state index < -0.39 is 12.0 Å². The number of nitrogens with zero attached hydrogens (tertiary/aromatic N) is 1. The Hall–Kier alpha value is -2.68. The molecular weight excluding hydrogens is 394 g/mol. The highest BCUT2D eigenvalue weighted by Gasteiger charge is 2.34. The molecule has 9 heteroatoms. The lowest BCUT2D eigenvalue weighted by Gasteiger charge is -2.36. The molecule has 1 fully saturated rings. The van der Waals surface area contributed by atoms with Gasteiger partial charge in [0.2, 0.25) is 11.8 Å². The van der Waals surface area contributed by atoms with Gasteiger partial charge in [-0.1, -0.05) is 31.5 Å². The van der Waals surface area contributed by atoms with Gasteiger partial charge >= 0.3 is 5.97 Å². The van der Waals surface area contributed by atoms with Crippen LogP contribution in [0.3, 0.4) is 0 Å². The van der Waals surface area contributed by atoms with E-state index in [4.69, 9.17) is 21.7 Å². The van der Waals surface area contributed by atoms with Crippen LogP contribution in [0.25, 0.3) is 0 Å². The van der Waals surface area contributed by atoms with Gasteiger partial charge in [0, 0.05) is 19.5 Å². The summed E-state index contributed by atoms with van der Waals surface area (Å²) in [5, 5.41) is 5.52. The second-order valence-electron chi connectivity index (χ2n) is 6.54. The van der Waals surface area contributed by atoms with Crippen LogP contribution < -0.4 is 15.4 Å². The summed E-state index contributed by atoms with van der Waals surface area (Å²) in [4.78, 5) is 37.9. The summed E-state index contributed by atoms with van der Waals surface area (Å²) in [6.45, 7) is 3.07. The average Bonchev–Trinajstić information content (AvgIpc) is 2.72. The summed E-state index contributed by atoms with van der Waals surface area (Å²) in [5.74, 6) is -0.361. The lowest BCUT2D eigenvalue weighted by atomic mass is 10.1. The first-order valence-electron chi connectivity index (χ1n) is 9.73. The topological polar surface area (TPSA) is 97.0 Å². The summed E-state index contributed by atoms with van der Waals surface area (Å²) in [5.41, 5.74) is 0. The molecule has 1 aromatic rings. The van der Waals surface area contributed by atoms with Crippen molar-refractivity contribution in [2.24, 2.45) is 0 Å². The van der Waals surface area contributed by atoms with Crippen molar-refractivity contribution in [3.63, 3.8) is 0 Å². The van der Waals surface area contributed by atoms with Crippen molar-refractivity contribution in [1.82, 2.24) is 15.5 Å². The number of hydrogen-bond donors (Lipinski definition) is 2. The zero-order chi connectivity index (χ0) is 21.1. The van der Waals surface area contributed by atoms with Crippen LogP contribution in [0.1, 0.15) is 32.6 Å². The van der Waals surface area contributed by atoms with E-state index in [1.807, 2.05) is 37.3 Å². The molecule has 29 heavy (non-hydrogen) atoms. The first kappa shape index (κ1) is 22.6. The summed E-state index contributed by atoms with van der Waals surface area (Å²) in [7, 11) is 0. The Morgan fingerprint density at radius 1 is 1.28 bits per heavy atom. The van der Waals surface area contributed by atoms with Crippen molar-refractivity contribution in [1.29, 1.82) is 0 Å². The van der Waals surface area contributed by atoms with E-state index in [1.54, 1.807) is 4.90 Å². The Labute approximate surface area is 175 Å². The summed E-state index contributed by atoms with van der Waals surface area (Å²) >= 11 is 5.29. The number of amides is 2. The molecular formula is C20H27N3O5S. The van der Waals surface area contributed by atoms with Gasteiger partial charge in [-0.3, -0.25) is 14.4 Å². The van der Waals surface area contributed by atoms with E-state index in [0.29, 0.717) is 25.3 Å². The smallest absolute Gasteiger partial charge is 0.308 e. The van der Waals surface area contributed by atoms with E-state index >= 15 is 0 Å². The van der Waals surface area contributed by atoms with Gasteiger partial charge < -0.3 is 25.0 Å². The van der Waals surface area contributed by atoms with Crippen LogP contribution in [-0.4, -0.2) is 60.1 Å². The molecule has 1 aromatic carbocycles. The van der Waals surface area contributed by atoms with Crippen LogP contribution in [-0.2, 0) is 19.1 Å². The van der Waals surface area contributed by atoms with Gasteiger partial charge in [0.25, 0.3) is 0 Å². The molecule has 0 saturated carbocycles. The zero-order valence-corrected chi connectivity index (χ0v) is 17.3. The van der Waals surface area contributed by atoms with E-state index in [2.05, 4.69) is 10.6 Å². The van der Waals surface area contributed by atoms with Crippen LogP contribution in [0, 0.1) is 0 Å². The maximum absolute atomic E-state index is 12.3. The fraction of sp³-hybridized carbons (Fsp3) is 0.500. The second-order valence-corrected chi connectivity index (χ2v) is 6.93. The van der Waals surface area contributed by atoms with Gasteiger partial charge in [0.05, 0.1) is 6.42 Å². The highest BCUT2D eigenvalue weighted by atomic mass is 32.1. The molecule has 1 aliphatic rings. The van der Waals surface area contributed by atoms with Gasteiger partial charge in [0.15, 0.2) is 5.11 Å². The fourth-order valence-electron chi connectivity index (χ4n) is 2.80. The number of thiocarbonyl (C=S) groups is 1. The minimum atomic E-state index is -0.815. The lowest BCUT2D eigenvalue weighted by molar-refractivity contribution is -0.148. The average molecular weight is 422 g/mol. The first-order chi connectivity index (χ1) is 14.0. The maximum Gasteiger partial charge on any atom is 0.308 e. The third-order valence-electron chi connectivity index (χ3n) is 4.31. The number of esters is 1. The number of ether oxygens (including phenoxy) is 2. The van der Waals surface area contributed by atoms with Crippen LogP contribution in [0.5, 0.6) is 5.75 Å². The molecule has 158 valence electrons. The SMILES string of the molecule is CCCCC(=O)NC(=S)N1CCNC(=O)C1CC(=O)OCCOc1ccccc1. The minimum Gasteiger partial charge on any atom is -0.490 e. The van der Waals surface area contributed by atoms with Gasteiger partial charge in [-0.2, -0.15) is 0 Å². The molecule has 1 aliphatic heterocycles. The Morgan fingerprint density at radius 2 is 2.03 bits per heavy atom. The minimum absolute atomic E-state index is 0.0697. The Morgan fingerprint density at radius 3 is 2.76 bits per heavy atom. The zero-order valence-electron chi connectivity index (χ0n) is 16.5. The molecule has 1 atom stereocenters. The molecule has 0 radical (unpaired) electrons. The van der Waals surface area contributed by atoms with E-state index in [9.17, 15) is 14.4 Å². The largest absolute Gasteiger partial charge is 0.490 e. The van der Waals surface area contributed by atoms with Gasteiger partial charge in [-0.05, 0) is 30.8 Å². The lowest BCUT2D eigenvalue weighted by Crippen LogP contribution is -2.60. The predicted molar refractivity (Wildman–Crippen MR) is 111 cm³/mol. The van der Waals surface area contributed by atoms with Crippen molar-refractivity contribution >= 4 is 35.1 Å². The van der Waals surface area contributed by atoms with Crippen LogP contribution in [0.4, 0.5) is 0 Å². The Kier molecular flexibility index (Phi) is 9.36. The molecule has 1 heterocycles. The molecule has 8 nitrogen and oxygen atoms in total. The quantitative estimate of drug-likeness (QED) is 0.353. The highest BCUT2D eigenvalue weighted by Crippen LogP contribution is 2.11. The number of para-hydroxylation sites is 1. The number of rotatable bonds is 9. The molecule has 1 unspecified atom stereocenters. The number of piperazine rings is 1. The van der Waals surface area contributed by atoms with E-state index in [1.165, 1.54) is 0 Å². The third kappa shape index (κ3) is 7.69. The van der Waals surface area contributed by atoms with Crippen LogP contribution >= 0.6 is 12.2 Å². The van der Waals surface area contributed by atoms with Gasteiger partial charge in [0.1, 0.15) is 25.0 Å². The second kappa shape index (κ2) is 12.0. The number of nitrogens with one attached hydrogen (secondary N) is 2. The third-order valence-corrected chi connectivity index (χ3v) is 4.65. The summed E-state index contributed by atoms with van der Waals surface area (Å²) in [6, 6.07) is 8.38. The maximum atomic E-state index is 12.3.